The molecule has 0 spiro atoms. The van der Waals surface area contributed by atoms with E-state index in [2.05, 4.69) is 25.5 Å². The molecular formula is C19H23NO4S. The fraction of sp³-hybridized carbons (Fsp3) is 0.316. The molecule has 0 atom stereocenters. The van der Waals surface area contributed by atoms with Gasteiger partial charge in [0.15, 0.2) is 0 Å². The molecule has 0 aliphatic heterocycles. The van der Waals surface area contributed by atoms with Gasteiger partial charge in [-0.05, 0) is 47.2 Å². The first-order valence-electron chi connectivity index (χ1n) is 8.02. The third-order valence-corrected chi connectivity index (χ3v) is 5.26. The lowest BCUT2D eigenvalue weighted by molar-refractivity contribution is -0.136. The average Bonchev–Trinajstić information content (AvgIpc) is 2.52. The summed E-state index contributed by atoms with van der Waals surface area (Å²) in [5.41, 5.74) is 2.42. The largest absolute Gasteiger partial charge is 0.481 e. The van der Waals surface area contributed by atoms with Gasteiger partial charge in [0.2, 0.25) is 0 Å². The fourth-order valence-electron chi connectivity index (χ4n) is 2.34. The van der Waals surface area contributed by atoms with Crippen LogP contribution < -0.4 is 4.72 Å². The molecule has 0 saturated heterocycles. The van der Waals surface area contributed by atoms with Crippen LogP contribution in [0.2, 0.25) is 0 Å². The molecule has 0 unspecified atom stereocenters. The van der Waals surface area contributed by atoms with E-state index in [0.717, 1.165) is 11.1 Å². The maximum absolute atomic E-state index is 12.5. The van der Waals surface area contributed by atoms with Crippen LogP contribution in [0.15, 0.2) is 53.4 Å². The molecule has 0 saturated carbocycles. The Morgan fingerprint density at radius 1 is 1.00 bits per heavy atom. The molecular weight excluding hydrogens is 338 g/mol. The van der Waals surface area contributed by atoms with Crippen molar-refractivity contribution >= 4 is 21.7 Å². The Morgan fingerprint density at radius 2 is 1.56 bits per heavy atom. The third kappa shape index (κ3) is 5.32. The molecule has 0 heterocycles. The molecule has 25 heavy (non-hydrogen) atoms. The Bertz CT molecular complexity index is 832. The predicted octanol–water partition coefficient (Wildman–Crippen LogP) is 3.80. The zero-order valence-corrected chi connectivity index (χ0v) is 15.4. The quantitative estimate of drug-likeness (QED) is 0.820. The molecule has 6 heteroatoms. The molecule has 0 amide bonds. The average molecular weight is 361 g/mol. The van der Waals surface area contributed by atoms with Crippen molar-refractivity contribution in [3.05, 3.63) is 59.7 Å². The summed E-state index contributed by atoms with van der Waals surface area (Å²) in [5.74, 6) is -0.878. The number of benzene rings is 2. The van der Waals surface area contributed by atoms with Crippen molar-refractivity contribution < 1.29 is 18.3 Å². The lowest BCUT2D eigenvalue weighted by Crippen LogP contribution is -2.14. The number of hydrogen-bond donors (Lipinski definition) is 2. The van der Waals surface area contributed by atoms with Gasteiger partial charge < -0.3 is 5.11 Å². The predicted molar refractivity (Wildman–Crippen MR) is 98.3 cm³/mol. The van der Waals surface area contributed by atoms with Crippen LogP contribution in [0.25, 0.3) is 0 Å². The van der Waals surface area contributed by atoms with Gasteiger partial charge in [0, 0.05) is 12.1 Å². The van der Waals surface area contributed by atoms with Crippen LogP contribution in [-0.2, 0) is 26.7 Å². The molecule has 0 bridgehead atoms. The summed E-state index contributed by atoms with van der Waals surface area (Å²) >= 11 is 0. The van der Waals surface area contributed by atoms with Gasteiger partial charge in [0.05, 0.1) is 4.90 Å². The third-order valence-electron chi connectivity index (χ3n) is 3.86. The Hall–Kier alpha value is -2.34. The van der Waals surface area contributed by atoms with Gasteiger partial charge >= 0.3 is 5.97 Å². The molecule has 2 N–H and O–H groups in total. The highest BCUT2D eigenvalue weighted by atomic mass is 32.2. The van der Waals surface area contributed by atoms with Gasteiger partial charge in [-0.2, -0.15) is 0 Å². The summed E-state index contributed by atoms with van der Waals surface area (Å²) in [6.45, 7) is 6.29. The van der Waals surface area contributed by atoms with E-state index in [-0.39, 0.29) is 16.7 Å². The molecule has 0 radical (unpaired) electrons. The second-order valence-electron chi connectivity index (χ2n) is 6.97. The lowest BCUT2D eigenvalue weighted by Gasteiger charge is -2.19. The first-order valence-corrected chi connectivity index (χ1v) is 9.50. The summed E-state index contributed by atoms with van der Waals surface area (Å²) in [7, 11) is -3.68. The van der Waals surface area contributed by atoms with E-state index >= 15 is 0 Å². The first-order chi connectivity index (χ1) is 11.6. The smallest absolute Gasteiger partial charge is 0.303 e. The van der Waals surface area contributed by atoms with Crippen molar-refractivity contribution in [2.24, 2.45) is 0 Å². The normalized spacial score (nSPS) is 12.0. The molecule has 0 aliphatic carbocycles. The van der Waals surface area contributed by atoms with Crippen molar-refractivity contribution in [1.82, 2.24) is 0 Å². The minimum Gasteiger partial charge on any atom is -0.481 e. The zero-order chi connectivity index (χ0) is 18.7. The van der Waals surface area contributed by atoms with Gasteiger partial charge in [0.1, 0.15) is 0 Å². The molecule has 0 aliphatic rings. The first kappa shape index (κ1) is 19.0. The number of aryl methyl sites for hydroxylation is 1. The van der Waals surface area contributed by atoms with Crippen molar-refractivity contribution in [2.75, 3.05) is 4.72 Å². The Morgan fingerprint density at radius 3 is 2.04 bits per heavy atom. The van der Waals surface area contributed by atoms with Crippen molar-refractivity contribution in [1.29, 1.82) is 0 Å². The Kier molecular flexibility index (Phi) is 5.52. The minimum absolute atomic E-state index is 0.00316. The van der Waals surface area contributed by atoms with Gasteiger partial charge in [-0.3, -0.25) is 9.52 Å². The number of nitrogens with one attached hydrogen (secondary N) is 1. The highest BCUT2D eigenvalue weighted by Gasteiger charge is 2.16. The number of sulfonamides is 1. The molecule has 0 fully saturated rings. The minimum atomic E-state index is -3.68. The SMILES string of the molecule is CC(C)(C)c1ccc(NS(=O)(=O)c2ccc(CCC(=O)O)cc2)cc1. The summed E-state index contributed by atoms with van der Waals surface area (Å²) in [4.78, 5) is 10.7. The molecule has 2 aromatic carbocycles. The van der Waals surface area contributed by atoms with E-state index in [4.69, 9.17) is 5.11 Å². The Labute approximate surface area is 148 Å². The van der Waals surface area contributed by atoms with Crippen LogP contribution in [0.3, 0.4) is 0 Å². The highest BCUT2D eigenvalue weighted by molar-refractivity contribution is 7.92. The van der Waals surface area contributed by atoms with E-state index in [1.165, 1.54) is 12.1 Å². The highest BCUT2D eigenvalue weighted by Crippen LogP contribution is 2.24. The standard InChI is InChI=1S/C19H23NO4S/c1-19(2,3)15-7-9-16(10-8-15)20-25(23,24)17-11-4-14(5-12-17)6-13-18(21)22/h4-5,7-12,20H,6,13H2,1-3H3,(H,21,22). The number of anilines is 1. The molecule has 134 valence electrons. The fourth-order valence-corrected chi connectivity index (χ4v) is 3.40. The second kappa shape index (κ2) is 7.27. The van der Waals surface area contributed by atoms with Crippen LogP contribution in [0, 0.1) is 0 Å². The van der Waals surface area contributed by atoms with Crippen LogP contribution in [0.5, 0.6) is 0 Å². The van der Waals surface area contributed by atoms with Crippen LogP contribution in [0.4, 0.5) is 5.69 Å². The zero-order valence-electron chi connectivity index (χ0n) is 14.6. The second-order valence-corrected chi connectivity index (χ2v) is 8.65. The summed E-state index contributed by atoms with van der Waals surface area (Å²) < 4.78 is 27.5. The van der Waals surface area contributed by atoms with Gasteiger partial charge in [-0.25, -0.2) is 8.42 Å². The van der Waals surface area contributed by atoms with Gasteiger partial charge in [0.25, 0.3) is 10.0 Å². The number of hydrogen-bond acceptors (Lipinski definition) is 3. The van der Waals surface area contributed by atoms with E-state index in [0.29, 0.717) is 12.1 Å². The summed E-state index contributed by atoms with van der Waals surface area (Å²) in [5, 5.41) is 8.69. The van der Waals surface area contributed by atoms with Crippen LogP contribution in [-0.4, -0.2) is 19.5 Å². The topological polar surface area (TPSA) is 83.5 Å². The maximum atomic E-state index is 12.5. The van der Waals surface area contributed by atoms with Crippen LogP contribution in [0.1, 0.15) is 38.3 Å². The van der Waals surface area contributed by atoms with Crippen molar-refractivity contribution in [3.8, 4) is 0 Å². The number of carbonyl (C=O) groups is 1. The number of carboxylic acid groups (broad SMARTS) is 1. The van der Waals surface area contributed by atoms with Gasteiger partial charge in [-0.15, -0.1) is 0 Å². The van der Waals surface area contributed by atoms with Gasteiger partial charge in [-0.1, -0.05) is 45.0 Å². The molecule has 0 aromatic heterocycles. The van der Waals surface area contributed by atoms with E-state index in [1.54, 1.807) is 24.3 Å². The Balaban J connectivity index is 2.12. The van der Waals surface area contributed by atoms with Crippen LogP contribution >= 0.6 is 0 Å². The van der Waals surface area contributed by atoms with E-state index in [1.807, 2.05) is 12.1 Å². The lowest BCUT2D eigenvalue weighted by atomic mass is 9.87. The number of carboxylic acids is 1. The van der Waals surface area contributed by atoms with E-state index < -0.39 is 16.0 Å². The number of rotatable bonds is 6. The molecule has 5 nitrogen and oxygen atoms in total. The summed E-state index contributed by atoms with van der Waals surface area (Å²) in [6, 6.07) is 13.6. The molecule has 2 rings (SSSR count). The molecule has 2 aromatic rings. The number of aliphatic carboxylic acids is 1. The summed E-state index contributed by atoms with van der Waals surface area (Å²) in [6.07, 6.45) is 0.391. The monoisotopic (exact) mass is 361 g/mol. The van der Waals surface area contributed by atoms with E-state index in [9.17, 15) is 13.2 Å². The van der Waals surface area contributed by atoms with Crippen molar-refractivity contribution in [2.45, 2.75) is 43.9 Å². The maximum Gasteiger partial charge on any atom is 0.303 e. The van der Waals surface area contributed by atoms with Crippen molar-refractivity contribution in [3.63, 3.8) is 0 Å².